The zero-order chi connectivity index (χ0) is 13.1. The molecule has 0 aliphatic heterocycles. The lowest BCUT2D eigenvalue weighted by Gasteiger charge is -2.03. The molecule has 0 aliphatic rings. The van der Waals surface area contributed by atoms with E-state index in [1.807, 2.05) is 6.92 Å². The molecule has 0 bridgehead atoms. The van der Waals surface area contributed by atoms with Gasteiger partial charge in [0.05, 0.1) is 11.0 Å². The van der Waals surface area contributed by atoms with E-state index in [2.05, 4.69) is 42.0 Å². The normalized spacial score (nSPS) is 10.8. The van der Waals surface area contributed by atoms with E-state index in [1.54, 1.807) is 12.3 Å². The molecule has 2 rings (SSSR count). The van der Waals surface area contributed by atoms with Crippen LogP contribution >= 0.6 is 31.9 Å². The van der Waals surface area contributed by atoms with Crippen molar-refractivity contribution in [3.8, 4) is 0 Å². The predicted octanol–water partition coefficient (Wildman–Crippen LogP) is 2.76. The van der Waals surface area contributed by atoms with Gasteiger partial charge < -0.3 is 9.09 Å². The summed E-state index contributed by atoms with van der Waals surface area (Å²) in [6, 6.07) is 1.71. The van der Waals surface area contributed by atoms with E-state index >= 15 is 0 Å². The molecule has 0 saturated heterocycles. The molecule has 0 N–H and O–H groups in total. The van der Waals surface area contributed by atoms with Crippen LogP contribution in [0.3, 0.4) is 0 Å². The second-order valence-corrected chi connectivity index (χ2v) is 5.56. The molecule has 0 aliphatic carbocycles. The zero-order valence-electron chi connectivity index (χ0n) is 9.69. The second kappa shape index (κ2) is 5.79. The summed E-state index contributed by atoms with van der Waals surface area (Å²) in [4.78, 5) is 16.1. The van der Waals surface area contributed by atoms with Crippen molar-refractivity contribution in [2.75, 3.05) is 0 Å². The molecule has 0 unspecified atom stereocenters. The number of aromatic nitrogens is 3. The molecule has 0 aromatic carbocycles. The molecule has 18 heavy (non-hydrogen) atoms. The molecule has 2 aromatic heterocycles. The van der Waals surface area contributed by atoms with Crippen molar-refractivity contribution in [3.63, 3.8) is 0 Å². The summed E-state index contributed by atoms with van der Waals surface area (Å²) in [5.41, 5.74) is -0.125. The molecule has 5 nitrogen and oxygen atoms in total. The largest absolute Gasteiger partial charge is 0.339 e. The Morgan fingerprint density at radius 3 is 2.94 bits per heavy atom. The number of hydrogen-bond acceptors (Lipinski definition) is 4. The van der Waals surface area contributed by atoms with E-state index in [9.17, 15) is 4.79 Å². The molecule has 0 atom stereocenters. The van der Waals surface area contributed by atoms with Gasteiger partial charge in [-0.05, 0) is 44.3 Å². The van der Waals surface area contributed by atoms with Gasteiger partial charge in [0.15, 0.2) is 5.82 Å². The van der Waals surface area contributed by atoms with Crippen molar-refractivity contribution in [3.05, 3.63) is 43.3 Å². The lowest BCUT2D eigenvalue weighted by Crippen LogP contribution is -2.21. The molecule has 0 radical (unpaired) electrons. The van der Waals surface area contributed by atoms with Gasteiger partial charge in [-0.25, -0.2) is 0 Å². The number of halogens is 2. The lowest BCUT2D eigenvalue weighted by molar-refractivity contribution is 0.371. The van der Waals surface area contributed by atoms with Crippen molar-refractivity contribution in [1.82, 2.24) is 14.7 Å². The first kappa shape index (κ1) is 13.5. The molecule has 0 fully saturated rings. The second-order valence-electron chi connectivity index (χ2n) is 3.79. The van der Waals surface area contributed by atoms with Crippen LogP contribution in [0.2, 0.25) is 0 Å². The van der Waals surface area contributed by atoms with Crippen molar-refractivity contribution < 1.29 is 4.52 Å². The van der Waals surface area contributed by atoms with Crippen LogP contribution in [-0.2, 0) is 13.0 Å². The highest BCUT2D eigenvalue weighted by Crippen LogP contribution is 2.13. The first-order valence-corrected chi connectivity index (χ1v) is 7.05. The monoisotopic (exact) mass is 375 g/mol. The fraction of sp³-hybridized carbons (Fsp3) is 0.364. The summed E-state index contributed by atoms with van der Waals surface area (Å²) in [6.45, 7) is 2.34. The fourth-order valence-electron chi connectivity index (χ4n) is 1.50. The Morgan fingerprint density at radius 1 is 1.44 bits per heavy atom. The van der Waals surface area contributed by atoms with Gasteiger partial charge in [0.2, 0.25) is 5.89 Å². The summed E-state index contributed by atoms with van der Waals surface area (Å²) in [5, 5.41) is 3.85. The smallest absolute Gasteiger partial charge is 0.265 e. The van der Waals surface area contributed by atoms with Crippen LogP contribution < -0.4 is 5.56 Å². The fourth-order valence-corrected chi connectivity index (χ4v) is 2.76. The van der Waals surface area contributed by atoms with Gasteiger partial charge in [-0.15, -0.1) is 0 Å². The van der Waals surface area contributed by atoms with Gasteiger partial charge in [0, 0.05) is 17.1 Å². The molecule has 0 spiro atoms. The van der Waals surface area contributed by atoms with Crippen LogP contribution in [0.1, 0.15) is 25.1 Å². The van der Waals surface area contributed by atoms with Gasteiger partial charge in [0.1, 0.15) is 0 Å². The van der Waals surface area contributed by atoms with Crippen molar-refractivity contribution in [2.24, 2.45) is 0 Å². The molecule has 0 amide bonds. The Kier molecular flexibility index (Phi) is 4.34. The molecule has 96 valence electrons. The van der Waals surface area contributed by atoms with Gasteiger partial charge in [0.25, 0.3) is 5.56 Å². The average molecular weight is 377 g/mol. The number of hydrogen-bond donors (Lipinski definition) is 0. The third kappa shape index (κ3) is 3.08. The Bertz CT molecular complexity index is 607. The van der Waals surface area contributed by atoms with E-state index in [4.69, 9.17) is 4.52 Å². The standard InChI is InChI=1S/C11H11Br2N3O2/c1-2-3-10-14-9(15-18-10)6-16-5-7(12)4-8(13)11(16)17/h4-5H,2-3,6H2,1H3. The minimum Gasteiger partial charge on any atom is -0.339 e. The van der Waals surface area contributed by atoms with E-state index in [-0.39, 0.29) is 5.56 Å². The molecular weight excluding hydrogens is 366 g/mol. The Balaban J connectivity index is 2.25. The van der Waals surface area contributed by atoms with Gasteiger partial charge in [-0.2, -0.15) is 4.98 Å². The predicted molar refractivity (Wildman–Crippen MR) is 73.5 cm³/mol. The quantitative estimate of drug-likeness (QED) is 0.823. The van der Waals surface area contributed by atoms with Gasteiger partial charge in [-0.1, -0.05) is 12.1 Å². The van der Waals surface area contributed by atoms with Gasteiger partial charge in [-0.3, -0.25) is 4.79 Å². The third-order valence-corrected chi connectivity index (χ3v) is 3.30. The van der Waals surface area contributed by atoms with E-state index < -0.39 is 0 Å². The van der Waals surface area contributed by atoms with Crippen molar-refractivity contribution in [1.29, 1.82) is 0 Å². The average Bonchev–Trinajstić information content (AvgIpc) is 2.73. The minimum atomic E-state index is -0.125. The zero-order valence-corrected chi connectivity index (χ0v) is 12.9. The highest BCUT2D eigenvalue weighted by atomic mass is 79.9. The number of pyridine rings is 1. The first-order valence-electron chi connectivity index (χ1n) is 5.47. The maximum absolute atomic E-state index is 11.9. The summed E-state index contributed by atoms with van der Waals surface area (Å²) < 4.78 is 7.91. The summed E-state index contributed by atoms with van der Waals surface area (Å²) in [5.74, 6) is 1.11. The number of rotatable bonds is 4. The van der Waals surface area contributed by atoms with E-state index in [1.165, 1.54) is 4.57 Å². The lowest BCUT2D eigenvalue weighted by atomic mass is 10.3. The van der Waals surface area contributed by atoms with Crippen LogP contribution in [0.4, 0.5) is 0 Å². The SMILES string of the molecule is CCCc1nc(Cn2cc(Br)cc(Br)c2=O)no1. The van der Waals surface area contributed by atoms with E-state index in [0.717, 1.165) is 17.3 Å². The van der Waals surface area contributed by atoms with Crippen LogP contribution in [0.25, 0.3) is 0 Å². The summed E-state index contributed by atoms with van der Waals surface area (Å²) >= 11 is 6.55. The highest BCUT2D eigenvalue weighted by Gasteiger charge is 2.09. The minimum absolute atomic E-state index is 0.125. The molecule has 7 heteroatoms. The molecule has 2 heterocycles. The third-order valence-electron chi connectivity index (χ3n) is 2.29. The molecular formula is C11H11Br2N3O2. The maximum Gasteiger partial charge on any atom is 0.265 e. The first-order chi connectivity index (χ1) is 8.60. The molecule has 0 saturated carbocycles. The topological polar surface area (TPSA) is 60.9 Å². The van der Waals surface area contributed by atoms with Crippen LogP contribution in [0, 0.1) is 0 Å². The van der Waals surface area contributed by atoms with Crippen LogP contribution in [0.5, 0.6) is 0 Å². The van der Waals surface area contributed by atoms with E-state index in [0.29, 0.717) is 22.7 Å². The number of aryl methyl sites for hydroxylation is 1. The van der Waals surface area contributed by atoms with Crippen LogP contribution in [-0.4, -0.2) is 14.7 Å². The van der Waals surface area contributed by atoms with Crippen molar-refractivity contribution >= 4 is 31.9 Å². The summed E-state index contributed by atoms with van der Waals surface area (Å²) in [7, 11) is 0. The maximum atomic E-state index is 11.9. The van der Waals surface area contributed by atoms with Crippen LogP contribution in [0.15, 0.2) is 30.5 Å². The van der Waals surface area contributed by atoms with Gasteiger partial charge >= 0.3 is 0 Å². The van der Waals surface area contributed by atoms with Crippen molar-refractivity contribution in [2.45, 2.75) is 26.3 Å². The highest BCUT2D eigenvalue weighted by molar-refractivity contribution is 9.11. The Hall–Kier alpha value is -0.950. The summed E-state index contributed by atoms with van der Waals surface area (Å²) in [6.07, 6.45) is 3.40. The number of nitrogens with zero attached hydrogens (tertiary/aromatic N) is 3. The Morgan fingerprint density at radius 2 is 2.22 bits per heavy atom. The Labute approximate surface area is 120 Å². The molecule has 2 aromatic rings.